The van der Waals surface area contributed by atoms with Crippen molar-refractivity contribution in [3.05, 3.63) is 23.5 Å². The van der Waals surface area contributed by atoms with E-state index in [1.54, 1.807) is 6.92 Å². The quantitative estimate of drug-likeness (QED) is 0.814. The first kappa shape index (κ1) is 12.8. The molecule has 1 saturated heterocycles. The lowest BCUT2D eigenvalue weighted by Gasteiger charge is -2.18. The van der Waals surface area contributed by atoms with Crippen LogP contribution in [0.3, 0.4) is 0 Å². The van der Waals surface area contributed by atoms with Gasteiger partial charge in [-0.05, 0) is 25.5 Å². The van der Waals surface area contributed by atoms with Gasteiger partial charge in [0.25, 0.3) is 0 Å². The first-order valence-electron chi connectivity index (χ1n) is 5.15. The zero-order chi connectivity index (χ0) is 12.7. The number of hydrogen-bond acceptors (Lipinski definition) is 4. The Morgan fingerprint density at radius 1 is 1.53 bits per heavy atom. The van der Waals surface area contributed by atoms with E-state index in [1.807, 2.05) is 0 Å². The van der Waals surface area contributed by atoms with Crippen LogP contribution in [0, 0.1) is 0 Å². The monoisotopic (exact) mass is 276 g/mol. The second kappa shape index (κ2) is 4.20. The molecule has 1 N–H and O–H groups in total. The molecule has 7 heteroatoms. The topological polar surface area (TPSA) is 70.5 Å². The van der Waals surface area contributed by atoms with Gasteiger partial charge in [0.15, 0.2) is 0 Å². The number of rotatable bonds is 2. The third kappa shape index (κ3) is 2.60. The molecule has 1 aromatic rings. The van der Waals surface area contributed by atoms with Gasteiger partial charge in [-0.3, -0.25) is 0 Å². The highest BCUT2D eigenvalue weighted by Crippen LogP contribution is 2.26. The summed E-state index contributed by atoms with van der Waals surface area (Å²) in [5.74, 6) is 0. The fourth-order valence-corrected chi connectivity index (χ4v) is 3.39. The fourth-order valence-electron chi connectivity index (χ4n) is 1.77. The number of aromatic nitrogens is 1. The predicted octanol–water partition coefficient (Wildman–Crippen LogP) is 0.880. The molecule has 1 unspecified atom stereocenters. The normalized spacial score (nSPS) is 26.3. The van der Waals surface area contributed by atoms with Crippen LogP contribution in [0.1, 0.15) is 13.3 Å². The predicted molar refractivity (Wildman–Crippen MR) is 63.2 cm³/mol. The van der Waals surface area contributed by atoms with E-state index in [0.29, 0.717) is 13.0 Å². The summed E-state index contributed by atoms with van der Waals surface area (Å²) in [6.45, 7) is 2.05. The van der Waals surface area contributed by atoms with E-state index in [9.17, 15) is 13.5 Å². The Labute approximate surface area is 105 Å². The summed E-state index contributed by atoms with van der Waals surface area (Å²) >= 11 is 5.61. The molecule has 0 radical (unpaired) electrons. The summed E-state index contributed by atoms with van der Waals surface area (Å²) in [4.78, 5) is 3.85. The zero-order valence-corrected chi connectivity index (χ0v) is 10.9. The van der Waals surface area contributed by atoms with Crippen LogP contribution < -0.4 is 0 Å². The molecule has 5 nitrogen and oxygen atoms in total. The minimum atomic E-state index is -3.57. The van der Waals surface area contributed by atoms with Crippen molar-refractivity contribution < 1.29 is 13.5 Å². The van der Waals surface area contributed by atoms with Crippen molar-refractivity contribution >= 4 is 21.6 Å². The Morgan fingerprint density at radius 2 is 2.24 bits per heavy atom. The highest BCUT2D eigenvalue weighted by atomic mass is 35.5. The minimum Gasteiger partial charge on any atom is -0.389 e. The van der Waals surface area contributed by atoms with Crippen LogP contribution >= 0.6 is 11.6 Å². The van der Waals surface area contributed by atoms with Crippen LogP contribution in [0.15, 0.2) is 23.2 Å². The molecular weight excluding hydrogens is 264 g/mol. The Kier molecular flexibility index (Phi) is 3.15. The Balaban J connectivity index is 2.29. The smallest absolute Gasteiger partial charge is 0.244 e. The Hall–Kier alpha value is -0.690. The van der Waals surface area contributed by atoms with E-state index in [4.69, 9.17) is 11.6 Å². The summed E-state index contributed by atoms with van der Waals surface area (Å²) in [6, 6.07) is 2.85. The molecule has 1 aliphatic rings. The molecule has 17 heavy (non-hydrogen) atoms. The van der Waals surface area contributed by atoms with Crippen molar-refractivity contribution in [3.63, 3.8) is 0 Å². The third-order valence-corrected chi connectivity index (χ3v) is 4.81. The summed E-state index contributed by atoms with van der Waals surface area (Å²) in [5.41, 5.74) is -0.951. The molecule has 0 spiro atoms. The van der Waals surface area contributed by atoms with E-state index in [1.165, 1.54) is 22.6 Å². The summed E-state index contributed by atoms with van der Waals surface area (Å²) in [6.07, 6.45) is 1.66. The maximum Gasteiger partial charge on any atom is 0.244 e. The molecule has 2 heterocycles. The first-order valence-corrected chi connectivity index (χ1v) is 6.97. The number of pyridine rings is 1. The van der Waals surface area contributed by atoms with E-state index in [2.05, 4.69) is 4.98 Å². The number of hydrogen-bond donors (Lipinski definition) is 1. The van der Waals surface area contributed by atoms with Crippen LogP contribution in [0.5, 0.6) is 0 Å². The van der Waals surface area contributed by atoms with Crippen molar-refractivity contribution in [1.82, 2.24) is 9.29 Å². The van der Waals surface area contributed by atoms with Crippen molar-refractivity contribution in [2.24, 2.45) is 0 Å². The molecule has 2 rings (SSSR count). The molecule has 0 bridgehead atoms. The van der Waals surface area contributed by atoms with Gasteiger partial charge in [0.1, 0.15) is 10.0 Å². The van der Waals surface area contributed by atoms with E-state index >= 15 is 0 Å². The van der Waals surface area contributed by atoms with Crippen molar-refractivity contribution in [1.29, 1.82) is 0 Å². The molecule has 0 amide bonds. The summed E-state index contributed by atoms with van der Waals surface area (Å²) in [7, 11) is -3.57. The number of β-amino-alcohol motifs (C(OH)–C–C–N with tert-alkyl or cyclic N) is 1. The molecule has 0 aromatic carbocycles. The highest BCUT2D eigenvalue weighted by Gasteiger charge is 2.38. The Morgan fingerprint density at radius 3 is 2.71 bits per heavy atom. The van der Waals surface area contributed by atoms with Crippen LogP contribution in [0.2, 0.25) is 5.15 Å². The van der Waals surface area contributed by atoms with Gasteiger partial charge in [0, 0.05) is 19.3 Å². The van der Waals surface area contributed by atoms with Gasteiger partial charge in [0.2, 0.25) is 10.0 Å². The average Bonchev–Trinajstić information content (AvgIpc) is 2.60. The number of aliphatic hydroxyl groups is 1. The van der Waals surface area contributed by atoms with Crippen molar-refractivity contribution in [3.8, 4) is 0 Å². The summed E-state index contributed by atoms with van der Waals surface area (Å²) in [5, 5.41) is 10.0. The van der Waals surface area contributed by atoms with Gasteiger partial charge in [-0.2, -0.15) is 4.31 Å². The number of nitrogens with zero attached hydrogens (tertiary/aromatic N) is 2. The molecule has 1 atom stereocenters. The van der Waals surface area contributed by atoms with E-state index < -0.39 is 15.6 Å². The maximum atomic E-state index is 12.2. The van der Waals surface area contributed by atoms with Crippen molar-refractivity contribution in [2.75, 3.05) is 13.1 Å². The molecule has 1 aliphatic heterocycles. The standard InChI is InChI=1S/C10H13ClN2O3S/c1-10(14)4-5-13(7-10)17(15,16)8-2-3-9(11)12-6-8/h2-3,6,14H,4-5,7H2,1H3. The molecule has 0 saturated carbocycles. The van der Waals surface area contributed by atoms with Crippen LogP contribution in [0.25, 0.3) is 0 Å². The second-order valence-corrected chi connectivity index (χ2v) is 6.73. The first-order chi connectivity index (χ1) is 7.81. The van der Waals surface area contributed by atoms with Gasteiger partial charge in [0.05, 0.1) is 5.60 Å². The lowest BCUT2D eigenvalue weighted by Crippen LogP contribution is -2.33. The minimum absolute atomic E-state index is 0.0969. The van der Waals surface area contributed by atoms with Crippen LogP contribution in [-0.4, -0.2) is 41.5 Å². The lowest BCUT2D eigenvalue weighted by molar-refractivity contribution is 0.0762. The SMILES string of the molecule is CC1(O)CCN(S(=O)(=O)c2ccc(Cl)nc2)C1. The highest BCUT2D eigenvalue weighted by molar-refractivity contribution is 7.89. The van der Waals surface area contributed by atoms with Gasteiger partial charge in [-0.1, -0.05) is 11.6 Å². The lowest BCUT2D eigenvalue weighted by atomic mass is 10.1. The van der Waals surface area contributed by atoms with Crippen LogP contribution in [-0.2, 0) is 10.0 Å². The zero-order valence-electron chi connectivity index (χ0n) is 9.30. The number of halogens is 1. The van der Waals surface area contributed by atoms with Crippen LogP contribution in [0.4, 0.5) is 0 Å². The van der Waals surface area contributed by atoms with Gasteiger partial charge < -0.3 is 5.11 Å². The maximum absolute atomic E-state index is 12.2. The van der Waals surface area contributed by atoms with E-state index in [-0.39, 0.29) is 16.6 Å². The molecule has 94 valence electrons. The molecular formula is C10H13ClN2O3S. The fraction of sp³-hybridized carbons (Fsp3) is 0.500. The van der Waals surface area contributed by atoms with Gasteiger partial charge >= 0.3 is 0 Å². The van der Waals surface area contributed by atoms with Crippen molar-refractivity contribution in [2.45, 2.75) is 23.8 Å². The largest absolute Gasteiger partial charge is 0.389 e. The van der Waals surface area contributed by atoms with Gasteiger partial charge in [-0.15, -0.1) is 0 Å². The molecule has 0 aliphatic carbocycles. The van der Waals surface area contributed by atoms with E-state index in [0.717, 1.165) is 0 Å². The molecule has 1 aromatic heterocycles. The average molecular weight is 277 g/mol. The second-order valence-electron chi connectivity index (χ2n) is 4.40. The molecule has 1 fully saturated rings. The Bertz CT molecular complexity index is 513. The van der Waals surface area contributed by atoms with Gasteiger partial charge in [-0.25, -0.2) is 13.4 Å². The third-order valence-electron chi connectivity index (χ3n) is 2.75. The number of sulfonamides is 1. The summed E-state index contributed by atoms with van der Waals surface area (Å²) < 4.78 is 25.6.